The fourth-order valence-electron chi connectivity index (χ4n) is 2.37. The molecule has 3 nitrogen and oxygen atoms in total. The molecule has 0 unspecified atom stereocenters. The molecule has 3 aromatic rings. The number of hydrogen-bond donors (Lipinski definition) is 1. The highest BCUT2D eigenvalue weighted by atomic mass is 16.3. The number of nitrogen functional groups attached to an aromatic ring is 1. The molecule has 0 aliphatic heterocycles. The number of likely N-dealkylation sites (N-methyl/N-ethyl adjacent to an activating group) is 1. The van der Waals surface area contributed by atoms with Gasteiger partial charge in [-0.2, -0.15) is 0 Å². The quantitative estimate of drug-likeness (QED) is 0.732. The van der Waals surface area contributed by atoms with E-state index >= 15 is 0 Å². The van der Waals surface area contributed by atoms with E-state index < -0.39 is 0 Å². The summed E-state index contributed by atoms with van der Waals surface area (Å²) in [6, 6.07) is 16.1. The van der Waals surface area contributed by atoms with Gasteiger partial charge in [-0.15, -0.1) is 0 Å². The monoisotopic (exact) mass is 266 g/mol. The molecule has 0 spiro atoms. The van der Waals surface area contributed by atoms with Crippen molar-refractivity contribution in [2.75, 3.05) is 24.2 Å². The minimum atomic E-state index is 0.794. The van der Waals surface area contributed by atoms with E-state index in [-0.39, 0.29) is 0 Å². The highest BCUT2D eigenvalue weighted by Crippen LogP contribution is 2.22. The normalized spacial score (nSPS) is 10.8. The van der Waals surface area contributed by atoms with Gasteiger partial charge in [0.2, 0.25) is 0 Å². The van der Waals surface area contributed by atoms with Gasteiger partial charge in [0, 0.05) is 30.4 Å². The second-order valence-electron chi connectivity index (χ2n) is 5.02. The summed E-state index contributed by atoms with van der Waals surface area (Å²) in [5.74, 6) is 0. The number of anilines is 2. The maximum absolute atomic E-state index is 5.71. The van der Waals surface area contributed by atoms with E-state index in [4.69, 9.17) is 10.2 Å². The number of nitrogens with zero attached hydrogens (tertiary/aromatic N) is 1. The molecule has 0 fully saturated rings. The Labute approximate surface area is 118 Å². The standard InChI is InChI=1S/C17H18N2O/c1-19(15-8-6-14(18)7-9-15)11-10-13-12-20-17-5-3-2-4-16(13)17/h2-9,12H,10-11,18H2,1H3. The first-order valence-electron chi connectivity index (χ1n) is 6.76. The maximum Gasteiger partial charge on any atom is 0.134 e. The van der Waals surface area contributed by atoms with Gasteiger partial charge in [0.25, 0.3) is 0 Å². The van der Waals surface area contributed by atoms with E-state index in [1.807, 2.05) is 48.7 Å². The number of furan rings is 1. The van der Waals surface area contributed by atoms with E-state index in [9.17, 15) is 0 Å². The molecule has 102 valence electrons. The molecule has 0 amide bonds. The molecule has 0 aliphatic carbocycles. The van der Waals surface area contributed by atoms with Crippen LogP contribution in [0.3, 0.4) is 0 Å². The Hall–Kier alpha value is -2.42. The molecule has 0 bridgehead atoms. The van der Waals surface area contributed by atoms with Crippen molar-refractivity contribution < 1.29 is 4.42 Å². The summed E-state index contributed by atoms with van der Waals surface area (Å²) < 4.78 is 5.57. The van der Waals surface area contributed by atoms with E-state index in [0.29, 0.717) is 0 Å². The van der Waals surface area contributed by atoms with E-state index in [1.54, 1.807) is 0 Å². The zero-order chi connectivity index (χ0) is 13.9. The summed E-state index contributed by atoms with van der Waals surface area (Å²) in [7, 11) is 2.09. The molecule has 0 radical (unpaired) electrons. The predicted octanol–water partition coefficient (Wildman–Crippen LogP) is 3.69. The minimum absolute atomic E-state index is 0.794. The molecule has 1 aromatic heterocycles. The van der Waals surface area contributed by atoms with Gasteiger partial charge in [-0.25, -0.2) is 0 Å². The summed E-state index contributed by atoms with van der Waals surface area (Å²) in [5.41, 5.74) is 9.89. The Morgan fingerprint density at radius 3 is 2.60 bits per heavy atom. The van der Waals surface area contributed by atoms with Crippen LogP contribution < -0.4 is 10.6 Å². The number of rotatable bonds is 4. The fraction of sp³-hybridized carbons (Fsp3) is 0.176. The molecule has 2 aromatic carbocycles. The van der Waals surface area contributed by atoms with Gasteiger partial charge in [-0.05, 0) is 42.3 Å². The summed E-state index contributed by atoms with van der Waals surface area (Å²) in [5, 5.41) is 1.21. The molecule has 0 saturated heterocycles. The van der Waals surface area contributed by atoms with Crippen LogP contribution in [-0.2, 0) is 6.42 Å². The Bertz CT molecular complexity index is 700. The first-order chi connectivity index (χ1) is 9.74. The smallest absolute Gasteiger partial charge is 0.134 e. The van der Waals surface area contributed by atoms with Crippen LogP contribution in [0.15, 0.2) is 59.2 Å². The molecule has 0 aliphatic rings. The summed E-state index contributed by atoms with van der Waals surface area (Å²) in [4.78, 5) is 2.22. The Morgan fingerprint density at radius 1 is 1.05 bits per heavy atom. The SMILES string of the molecule is CN(CCc1coc2ccccc12)c1ccc(N)cc1. The molecule has 1 heterocycles. The maximum atomic E-state index is 5.71. The van der Waals surface area contributed by atoms with Crippen molar-refractivity contribution in [2.24, 2.45) is 0 Å². The fourth-order valence-corrected chi connectivity index (χ4v) is 2.37. The predicted molar refractivity (Wildman–Crippen MR) is 84.0 cm³/mol. The van der Waals surface area contributed by atoms with Gasteiger partial charge in [0.1, 0.15) is 5.58 Å². The number of nitrogens with two attached hydrogens (primary N) is 1. The van der Waals surface area contributed by atoms with Crippen molar-refractivity contribution in [3.8, 4) is 0 Å². The third-order valence-corrected chi connectivity index (χ3v) is 3.61. The van der Waals surface area contributed by atoms with Gasteiger partial charge in [-0.1, -0.05) is 18.2 Å². The van der Waals surface area contributed by atoms with Crippen LogP contribution in [-0.4, -0.2) is 13.6 Å². The first-order valence-corrected chi connectivity index (χ1v) is 6.76. The van der Waals surface area contributed by atoms with E-state index in [0.717, 1.165) is 24.2 Å². The van der Waals surface area contributed by atoms with Crippen molar-refractivity contribution in [1.82, 2.24) is 0 Å². The van der Waals surface area contributed by atoms with Crippen LogP contribution in [0, 0.1) is 0 Å². The third-order valence-electron chi connectivity index (χ3n) is 3.61. The van der Waals surface area contributed by atoms with Crippen LogP contribution in [0.5, 0.6) is 0 Å². The zero-order valence-corrected chi connectivity index (χ0v) is 11.5. The molecule has 0 atom stereocenters. The van der Waals surface area contributed by atoms with Crippen LogP contribution in [0.4, 0.5) is 11.4 Å². The number of benzene rings is 2. The van der Waals surface area contributed by atoms with Crippen molar-refractivity contribution in [1.29, 1.82) is 0 Å². The van der Waals surface area contributed by atoms with Gasteiger partial charge in [0.05, 0.1) is 6.26 Å². The van der Waals surface area contributed by atoms with Crippen LogP contribution in [0.1, 0.15) is 5.56 Å². The number of hydrogen-bond acceptors (Lipinski definition) is 3. The van der Waals surface area contributed by atoms with Crippen LogP contribution in [0.2, 0.25) is 0 Å². The van der Waals surface area contributed by atoms with Gasteiger partial charge in [0.15, 0.2) is 0 Å². The third kappa shape index (κ3) is 2.48. The lowest BCUT2D eigenvalue weighted by molar-refractivity contribution is 0.610. The van der Waals surface area contributed by atoms with Crippen molar-refractivity contribution in [2.45, 2.75) is 6.42 Å². The second-order valence-corrected chi connectivity index (χ2v) is 5.02. The number of fused-ring (bicyclic) bond motifs is 1. The average Bonchev–Trinajstić information content (AvgIpc) is 2.89. The van der Waals surface area contributed by atoms with Crippen LogP contribution >= 0.6 is 0 Å². The number of para-hydroxylation sites is 1. The Balaban J connectivity index is 1.71. The molecule has 0 saturated carbocycles. The van der Waals surface area contributed by atoms with Gasteiger partial charge in [-0.3, -0.25) is 0 Å². The molecule has 2 N–H and O–H groups in total. The molecular formula is C17H18N2O. The lowest BCUT2D eigenvalue weighted by atomic mass is 10.1. The van der Waals surface area contributed by atoms with Crippen molar-refractivity contribution in [3.63, 3.8) is 0 Å². The summed E-state index contributed by atoms with van der Waals surface area (Å²) >= 11 is 0. The molecule has 3 heteroatoms. The molecule has 3 rings (SSSR count). The average molecular weight is 266 g/mol. The molecular weight excluding hydrogens is 248 g/mol. The van der Waals surface area contributed by atoms with Crippen molar-refractivity contribution >= 4 is 22.3 Å². The minimum Gasteiger partial charge on any atom is -0.464 e. The lowest BCUT2D eigenvalue weighted by Gasteiger charge is -2.19. The lowest BCUT2D eigenvalue weighted by Crippen LogP contribution is -2.20. The summed E-state index contributed by atoms with van der Waals surface area (Å²) in [6.45, 7) is 0.938. The Morgan fingerprint density at radius 2 is 1.80 bits per heavy atom. The van der Waals surface area contributed by atoms with Gasteiger partial charge < -0.3 is 15.1 Å². The largest absolute Gasteiger partial charge is 0.464 e. The first kappa shape index (κ1) is 12.6. The highest BCUT2D eigenvalue weighted by Gasteiger charge is 2.07. The van der Waals surface area contributed by atoms with Crippen LogP contribution in [0.25, 0.3) is 11.0 Å². The topological polar surface area (TPSA) is 42.4 Å². The zero-order valence-electron chi connectivity index (χ0n) is 11.5. The highest BCUT2D eigenvalue weighted by molar-refractivity contribution is 5.80. The molecule has 20 heavy (non-hydrogen) atoms. The van der Waals surface area contributed by atoms with Crippen molar-refractivity contribution in [3.05, 3.63) is 60.4 Å². The summed E-state index contributed by atoms with van der Waals surface area (Å²) in [6.07, 6.45) is 2.82. The van der Waals surface area contributed by atoms with E-state index in [2.05, 4.69) is 18.0 Å². The van der Waals surface area contributed by atoms with Gasteiger partial charge >= 0.3 is 0 Å². The van der Waals surface area contributed by atoms with E-state index in [1.165, 1.54) is 16.6 Å². The second kappa shape index (κ2) is 5.29. The Kier molecular flexibility index (Phi) is 3.33.